The van der Waals surface area contributed by atoms with E-state index in [1.54, 1.807) is 19.1 Å². The average molecular weight is 269 g/mol. The van der Waals surface area contributed by atoms with E-state index in [4.69, 9.17) is 10.5 Å². The monoisotopic (exact) mass is 269 g/mol. The van der Waals surface area contributed by atoms with Crippen LogP contribution in [0.25, 0.3) is 0 Å². The second-order valence-electron chi connectivity index (χ2n) is 3.87. The molecule has 0 aliphatic rings. The van der Waals surface area contributed by atoms with Gasteiger partial charge in [0.2, 0.25) is 5.88 Å². The first-order valence-corrected chi connectivity index (χ1v) is 5.31. The lowest BCUT2D eigenvalue weighted by Gasteiger charge is -2.11. The third-order valence-corrected chi connectivity index (χ3v) is 2.33. The van der Waals surface area contributed by atoms with Crippen molar-refractivity contribution in [2.45, 2.75) is 13.1 Å². The van der Waals surface area contributed by atoms with Gasteiger partial charge in [0.05, 0.1) is 16.9 Å². The molecule has 1 aromatic carbocycles. The van der Waals surface area contributed by atoms with Crippen LogP contribution in [0.3, 0.4) is 0 Å². The topological polar surface area (TPSA) is 61.0 Å². The molecular weight excluding hydrogens is 259 g/mol. The van der Waals surface area contributed by atoms with Crippen molar-refractivity contribution in [3.8, 4) is 11.6 Å². The summed E-state index contributed by atoms with van der Waals surface area (Å²) in [5, 5.41) is 7.50. The van der Waals surface area contributed by atoms with E-state index in [2.05, 4.69) is 10.2 Å². The van der Waals surface area contributed by atoms with Crippen LogP contribution >= 0.6 is 0 Å². The van der Waals surface area contributed by atoms with Crippen molar-refractivity contribution >= 4 is 5.69 Å². The fourth-order valence-corrected chi connectivity index (χ4v) is 1.37. The smallest absolute Gasteiger partial charge is 0.416 e. The molecule has 0 amide bonds. The largest absolute Gasteiger partial charge is 0.435 e. The number of nitrogens with zero attached hydrogens (tertiary/aromatic N) is 2. The number of rotatable bonds is 2. The summed E-state index contributed by atoms with van der Waals surface area (Å²) >= 11 is 0. The molecule has 0 bridgehead atoms. The number of aryl methyl sites for hydroxylation is 1. The predicted molar refractivity (Wildman–Crippen MR) is 62.7 cm³/mol. The first-order chi connectivity index (χ1) is 8.86. The van der Waals surface area contributed by atoms with Crippen LogP contribution in [0.15, 0.2) is 30.3 Å². The van der Waals surface area contributed by atoms with Crippen molar-refractivity contribution in [1.29, 1.82) is 0 Å². The number of alkyl halides is 3. The number of hydrogen-bond donors (Lipinski definition) is 1. The minimum atomic E-state index is -4.43. The van der Waals surface area contributed by atoms with Gasteiger partial charge in [0.25, 0.3) is 0 Å². The second-order valence-corrected chi connectivity index (χ2v) is 3.87. The summed E-state index contributed by atoms with van der Waals surface area (Å²) in [6.07, 6.45) is -4.43. The molecule has 100 valence electrons. The van der Waals surface area contributed by atoms with Crippen molar-refractivity contribution in [2.75, 3.05) is 5.73 Å². The molecule has 1 heterocycles. The maximum Gasteiger partial charge on any atom is 0.416 e. The van der Waals surface area contributed by atoms with Gasteiger partial charge in [0.15, 0.2) is 5.75 Å². The second kappa shape index (κ2) is 4.75. The molecule has 0 radical (unpaired) electrons. The number of ether oxygens (including phenoxy) is 1. The molecule has 7 heteroatoms. The molecule has 19 heavy (non-hydrogen) atoms. The Balaban J connectivity index is 2.24. The third-order valence-electron chi connectivity index (χ3n) is 2.33. The zero-order chi connectivity index (χ0) is 14.0. The Kier molecular flexibility index (Phi) is 3.28. The number of nitrogens with two attached hydrogens (primary N) is 1. The Hall–Kier alpha value is -2.31. The Bertz CT molecular complexity index is 582. The number of hydrogen-bond acceptors (Lipinski definition) is 4. The van der Waals surface area contributed by atoms with Crippen LogP contribution in [-0.4, -0.2) is 10.2 Å². The van der Waals surface area contributed by atoms with Gasteiger partial charge in [-0.3, -0.25) is 0 Å². The molecule has 0 aliphatic carbocycles. The average Bonchev–Trinajstić information content (AvgIpc) is 2.33. The fraction of sp³-hybridized carbons (Fsp3) is 0.167. The highest BCUT2D eigenvalue weighted by atomic mass is 19.4. The Morgan fingerprint density at radius 2 is 1.84 bits per heavy atom. The minimum absolute atomic E-state index is 0.103. The van der Waals surface area contributed by atoms with Gasteiger partial charge in [-0.05, 0) is 31.2 Å². The van der Waals surface area contributed by atoms with Crippen molar-refractivity contribution in [2.24, 2.45) is 0 Å². The van der Waals surface area contributed by atoms with Gasteiger partial charge in [-0.1, -0.05) is 0 Å². The molecule has 0 fully saturated rings. The van der Waals surface area contributed by atoms with Crippen LogP contribution in [0.2, 0.25) is 0 Å². The van der Waals surface area contributed by atoms with E-state index < -0.39 is 11.7 Å². The third kappa shape index (κ3) is 3.12. The number of aromatic nitrogens is 2. The van der Waals surface area contributed by atoms with E-state index in [-0.39, 0.29) is 17.3 Å². The molecule has 4 nitrogen and oxygen atoms in total. The van der Waals surface area contributed by atoms with Gasteiger partial charge >= 0.3 is 6.18 Å². The standard InChI is InChI=1S/C12H10F3N3O/c1-7-2-5-11(18-17-7)19-10-4-3-8(6-9(10)16)12(13,14)15/h2-6H,16H2,1H3. The number of nitrogen functional groups attached to an aromatic ring is 1. The van der Waals surface area contributed by atoms with Gasteiger partial charge in [0.1, 0.15) is 0 Å². The van der Waals surface area contributed by atoms with E-state index in [9.17, 15) is 13.2 Å². The van der Waals surface area contributed by atoms with Crippen LogP contribution in [-0.2, 0) is 6.18 Å². The summed E-state index contributed by atoms with van der Waals surface area (Å²) in [5.41, 5.74) is 5.28. The first-order valence-electron chi connectivity index (χ1n) is 5.31. The summed E-state index contributed by atoms with van der Waals surface area (Å²) in [6, 6.07) is 6.09. The number of benzene rings is 1. The highest BCUT2D eigenvalue weighted by Gasteiger charge is 2.31. The van der Waals surface area contributed by atoms with E-state index in [1.807, 2.05) is 0 Å². The Labute approximate surface area is 107 Å². The van der Waals surface area contributed by atoms with Gasteiger partial charge in [-0.15, -0.1) is 5.10 Å². The summed E-state index contributed by atoms with van der Waals surface area (Å²) < 4.78 is 42.6. The minimum Gasteiger partial charge on any atom is -0.435 e. The lowest BCUT2D eigenvalue weighted by Crippen LogP contribution is -2.06. The molecule has 0 aliphatic heterocycles. The Morgan fingerprint density at radius 3 is 2.37 bits per heavy atom. The van der Waals surface area contributed by atoms with Gasteiger partial charge < -0.3 is 10.5 Å². The summed E-state index contributed by atoms with van der Waals surface area (Å²) in [6.45, 7) is 1.75. The lowest BCUT2D eigenvalue weighted by molar-refractivity contribution is -0.137. The molecule has 2 N–H and O–H groups in total. The molecular formula is C12H10F3N3O. The van der Waals surface area contributed by atoms with Crippen LogP contribution in [0, 0.1) is 6.92 Å². The van der Waals surface area contributed by atoms with Gasteiger partial charge in [-0.2, -0.15) is 18.3 Å². The summed E-state index contributed by atoms with van der Waals surface area (Å²) in [5.74, 6) is 0.267. The van der Waals surface area contributed by atoms with E-state index in [0.29, 0.717) is 5.69 Å². The van der Waals surface area contributed by atoms with Crippen LogP contribution in [0.5, 0.6) is 11.6 Å². The predicted octanol–water partition coefficient (Wildman–Crippen LogP) is 3.18. The SMILES string of the molecule is Cc1ccc(Oc2ccc(C(F)(F)F)cc2N)nn1. The van der Waals surface area contributed by atoms with Gasteiger partial charge in [-0.25, -0.2) is 0 Å². The lowest BCUT2D eigenvalue weighted by atomic mass is 10.2. The van der Waals surface area contributed by atoms with Crippen LogP contribution < -0.4 is 10.5 Å². The molecule has 0 saturated carbocycles. The maximum atomic E-state index is 12.5. The summed E-state index contributed by atoms with van der Waals surface area (Å²) in [7, 11) is 0. The highest BCUT2D eigenvalue weighted by Crippen LogP contribution is 2.34. The zero-order valence-electron chi connectivity index (χ0n) is 9.90. The molecule has 2 aromatic rings. The molecule has 0 atom stereocenters. The van der Waals surface area contributed by atoms with Gasteiger partial charge in [0, 0.05) is 6.07 Å². The van der Waals surface area contributed by atoms with E-state index >= 15 is 0 Å². The van der Waals surface area contributed by atoms with E-state index in [1.165, 1.54) is 0 Å². The van der Waals surface area contributed by atoms with Crippen molar-refractivity contribution in [1.82, 2.24) is 10.2 Å². The van der Waals surface area contributed by atoms with Crippen molar-refractivity contribution in [3.63, 3.8) is 0 Å². The molecule has 1 aromatic heterocycles. The first kappa shape index (κ1) is 13.1. The normalized spacial score (nSPS) is 11.4. The molecule has 0 unspecified atom stereocenters. The molecule has 2 rings (SSSR count). The van der Waals surface area contributed by atoms with Crippen molar-refractivity contribution in [3.05, 3.63) is 41.6 Å². The van der Waals surface area contributed by atoms with Crippen LogP contribution in [0.4, 0.5) is 18.9 Å². The molecule has 0 spiro atoms. The molecule has 0 saturated heterocycles. The zero-order valence-corrected chi connectivity index (χ0v) is 9.90. The quantitative estimate of drug-likeness (QED) is 0.850. The van der Waals surface area contributed by atoms with Crippen molar-refractivity contribution < 1.29 is 17.9 Å². The van der Waals surface area contributed by atoms with Crippen LogP contribution in [0.1, 0.15) is 11.3 Å². The maximum absolute atomic E-state index is 12.5. The highest BCUT2D eigenvalue weighted by molar-refractivity contribution is 5.55. The Morgan fingerprint density at radius 1 is 1.11 bits per heavy atom. The number of halogens is 3. The fourth-order valence-electron chi connectivity index (χ4n) is 1.37. The summed E-state index contributed by atoms with van der Waals surface area (Å²) in [4.78, 5) is 0. The number of anilines is 1. The van der Waals surface area contributed by atoms with E-state index in [0.717, 1.165) is 18.2 Å².